The van der Waals surface area contributed by atoms with E-state index in [1.165, 1.54) is 19.0 Å². The molecule has 0 atom stereocenters. The number of fused-ring (bicyclic) bond motifs is 4. The number of hydrogen-bond acceptors (Lipinski definition) is 6. The normalized spacial score (nSPS) is 20.8. The number of carbonyl (C=O) groups is 2. The highest BCUT2D eigenvalue weighted by Gasteiger charge is 2.33. The molecular formula is C34H43N5O5S. The number of carbonyl (C=O) groups excluding carboxylic acids is 2. The summed E-state index contributed by atoms with van der Waals surface area (Å²) in [5.74, 6) is 0.312. The fourth-order valence-corrected chi connectivity index (χ4v) is 7.89. The zero-order valence-corrected chi connectivity index (χ0v) is 27.7. The number of methoxy groups -OCH3 is 1. The second-order valence-corrected chi connectivity index (χ2v) is 14.5. The zero-order valence-electron chi connectivity index (χ0n) is 26.9. The number of benzene rings is 2. The van der Waals surface area contributed by atoms with E-state index < -0.39 is 16.1 Å². The Kier molecular flexibility index (Phi) is 8.53. The van der Waals surface area contributed by atoms with Gasteiger partial charge in [0.15, 0.2) is 0 Å². The number of hydrogen-bond donors (Lipinski definition) is 1. The minimum absolute atomic E-state index is 0.0542. The first-order valence-corrected chi connectivity index (χ1v) is 17.2. The Morgan fingerprint density at radius 1 is 0.889 bits per heavy atom. The second kappa shape index (κ2) is 12.3. The molecule has 0 spiro atoms. The molecule has 240 valence electrons. The molecule has 3 aliphatic rings. The molecule has 2 amide bonds. The lowest BCUT2D eigenvalue weighted by molar-refractivity contribution is -0.126. The number of ether oxygens (including phenoxy) is 1. The van der Waals surface area contributed by atoms with Gasteiger partial charge < -0.3 is 19.1 Å². The summed E-state index contributed by atoms with van der Waals surface area (Å²) in [4.78, 5) is 31.5. The minimum Gasteiger partial charge on any atom is -0.497 e. The van der Waals surface area contributed by atoms with Gasteiger partial charge in [-0.3, -0.25) is 9.59 Å². The molecule has 10 nitrogen and oxygen atoms in total. The molecule has 1 fully saturated rings. The van der Waals surface area contributed by atoms with Crippen molar-refractivity contribution in [3.8, 4) is 17.0 Å². The predicted molar refractivity (Wildman–Crippen MR) is 176 cm³/mol. The smallest absolute Gasteiger partial charge is 0.303 e. The third kappa shape index (κ3) is 5.77. The third-order valence-electron chi connectivity index (χ3n) is 9.88. The second-order valence-electron chi connectivity index (χ2n) is 12.7. The van der Waals surface area contributed by atoms with Crippen molar-refractivity contribution >= 4 is 38.5 Å². The molecule has 1 N–H and O–H groups in total. The molecule has 1 aromatic heterocycles. The lowest BCUT2D eigenvalue weighted by atomic mass is 9.81. The molecule has 11 heteroatoms. The summed E-state index contributed by atoms with van der Waals surface area (Å²) in [6, 6.07) is 11.5. The zero-order chi connectivity index (χ0) is 32.0. The van der Waals surface area contributed by atoms with E-state index in [-0.39, 0.29) is 18.0 Å². The van der Waals surface area contributed by atoms with Gasteiger partial charge in [-0.05, 0) is 79.8 Å². The van der Waals surface area contributed by atoms with Crippen molar-refractivity contribution in [3.63, 3.8) is 0 Å². The van der Waals surface area contributed by atoms with Crippen molar-refractivity contribution in [2.75, 3.05) is 54.4 Å². The van der Waals surface area contributed by atoms with Crippen molar-refractivity contribution in [1.82, 2.24) is 23.4 Å². The molecule has 6 rings (SSSR count). The minimum atomic E-state index is -4.06. The van der Waals surface area contributed by atoms with Gasteiger partial charge in [-0.25, -0.2) is 4.72 Å². The van der Waals surface area contributed by atoms with E-state index in [1.54, 1.807) is 24.1 Å². The van der Waals surface area contributed by atoms with Crippen LogP contribution in [0.1, 0.15) is 66.4 Å². The fourth-order valence-electron chi connectivity index (χ4n) is 7.06. The SMILES string of the molecule is COc1ccc2c(c1)C(C)=C1Cn3c-2c(C2CCCCC2)c2ccc(cc23)C(=O)NS(=O)(=O)N(C)CCN(C)CCN(C)C1=O. The maximum Gasteiger partial charge on any atom is 0.303 e. The molecule has 4 bridgehead atoms. The Bertz CT molecular complexity index is 1800. The largest absolute Gasteiger partial charge is 0.497 e. The molecule has 2 aliphatic heterocycles. The number of aromatic nitrogens is 1. The topological polar surface area (TPSA) is 104 Å². The molecule has 3 heterocycles. The first-order chi connectivity index (χ1) is 21.5. The molecule has 0 saturated heterocycles. The number of nitrogens with zero attached hydrogens (tertiary/aromatic N) is 4. The summed E-state index contributed by atoms with van der Waals surface area (Å²) in [5, 5.41) is 1.04. The van der Waals surface area contributed by atoms with E-state index in [0.29, 0.717) is 37.7 Å². The number of likely N-dealkylation sites (N-methyl/N-ethyl adjacent to an activating group) is 3. The summed E-state index contributed by atoms with van der Waals surface area (Å²) in [5.41, 5.74) is 6.94. The molecule has 3 aromatic rings. The maximum absolute atomic E-state index is 14.3. The van der Waals surface area contributed by atoms with E-state index in [1.807, 2.05) is 44.1 Å². The summed E-state index contributed by atoms with van der Waals surface area (Å²) >= 11 is 0. The summed E-state index contributed by atoms with van der Waals surface area (Å²) in [6.45, 7) is 4.00. The molecule has 0 radical (unpaired) electrons. The summed E-state index contributed by atoms with van der Waals surface area (Å²) in [6.07, 6.45) is 5.65. The molecule has 1 saturated carbocycles. The number of allylic oxidation sites excluding steroid dienone is 1. The number of rotatable bonds is 2. The van der Waals surface area contributed by atoms with E-state index in [9.17, 15) is 18.0 Å². The third-order valence-corrected chi connectivity index (χ3v) is 11.3. The Labute approximate surface area is 265 Å². The van der Waals surface area contributed by atoms with Gasteiger partial charge in [0.2, 0.25) is 0 Å². The van der Waals surface area contributed by atoms with Crippen molar-refractivity contribution in [2.45, 2.75) is 51.5 Å². The average Bonchev–Trinajstić information content (AvgIpc) is 3.30. The van der Waals surface area contributed by atoms with Crippen LogP contribution in [-0.4, -0.2) is 93.3 Å². The van der Waals surface area contributed by atoms with Crippen LogP contribution < -0.4 is 9.46 Å². The van der Waals surface area contributed by atoms with Gasteiger partial charge in [0.1, 0.15) is 5.75 Å². The van der Waals surface area contributed by atoms with Crippen LogP contribution in [0.2, 0.25) is 0 Å². The van der Waals surface area contributed by atoms with Crippen LogP contribution in [0.5, 0.6) is 5.75 Å². The Morgan fingerprint density at radius 2 is 1.62 bits per heavy atom. The van der Waals surface area contributed by atoms with Crippen LogP contribution in [0.15, 0.2) is 42.0 Å². The summed E-state index contributed by atoms with van der Waals surface area (Å²) < 4.78 is 37.5. The van der Waals surface area contributed by atoms with E-state index in [4.69, 9.17) is 4.74 Å². The van der Waals surface area contributed by atoms with Gasteiger partial charge in [-0.1, -0.05) is 25.3 Å². The predicted octanol–water partition coefficient (Wildman–Crippen LogP) is 4.46. The first kappa shape index (κ1) is 31.3. The van der Waals surface area contributed by atoms with Crippen LogP contribution >= 0.6 is 0 Å². The van der Waals surface area contributed by atoms with Gasteiger partial charge in [-0.2, -0.15) is 12.7 Å². The van der Waals surface area contributed by atoms with E-state index >= 15 is 0 Å². The van der Waals surface area contributed by atoms with Gasteiger partial charge in [0.05, 0.1) is 19.3 Å². The maximum atomic E-state index is 14.3. The van der Waals surface area contributed by atoms with Crippen LogP contribution in [-0.2, 0) is 21.5 Å². The van der Waals surface area contributed by atoms with Crippen LogP contribution in [0, 0.1) is 0 Å². The van der Waals surface area contributed by atoms with Crippen molar-refractivity contribution in [1.29, 1.82) is 0 Å². The number of amides is 2. The monoisotopic (exact) mass is 633 g/mol. The van der Waals surface area contributed by atoms with Gasteiger partial charge in [0.25, 0.3) is 11.8 Å². The van der Waals surface area contributed by atoms with Crippen molar-refractivity contribution in [3.05, 3.63) is 58.7 Å². The van der Waals surface area contributed by atoms with Gasteiger partial charge in [-0.15, -0.1) is 0 Å². The van der Waals surface area contributed by atoms with Crippen LogP contribution in [0.25, 0.3) is 27.7 Å². The van der Waals surface area contributed by atoms with Crippen molar-refractivity contribution in [2.24, 2.45) is 0 Å². The highest BCUT2D eigenvalue weighted by Crippen LogP contribution is 2.48. The fraction of sp³-hybridized carbons (Fsp3) is 0.471. The van der Waals surface area contributed by atoms with Crippen LogP contribution in [0.3, 0.4) is 0 Å². The Balaban J connectivity index is 1.63. The lowest BCUT2D eigenvalue weighted by Crippen LogP contribution is -2.44. The lowest BCUT2D eigenvalue weighted by Gasteiger charge is -2.25. The molecular weight excluding hydrogens is 590 g/mol. The standard InChI is InChI=1S/C34H43N5O5S/c1-22-28-20-25(44-5)12-14-26(28)32-31(23-9-7-6-8-10-23)27-13-11-24-19-30(27)39(32)21-29(22)34(41)37(3)17-15-36(2)16-18-38(4)45(42,43)35-33(24)40/h11-14,19-20,23H,6-10,15-18,21H2,1-5H3,(H,35,40). The molecule has 0 unspecified atom stereocenters. The Morgan fingerprint density at radius 3 is 2.36 bits per heavy atom. The van der Waals surface area contributed by atoms with E-state index in [2.05, 4.69) is 15.4 Å². The average molecular weight is 634 g/mol. The quantitative estimate of drug-likeness (QED) is 0.447. The summed E-state index contributed by atoms with van der Waals surface area (Å²) in [7, 11) is 2.77. The molecule has 1 aliphatic carbocycles. The number of nitrogens with one attached hydrogen (secondary N) is 1. The molecule has 45 heavy (non-hydrogen) atoms. The van der Waals surface area contributed by atoms with Crippen molar-refractivity contribution < 1.29 is 22.7 Å². The first-order valence-electron chi connectivity index (χ1n) is 15.8. The highest BCUT2D eigenvalue weighted by molar-refractivity contribution is 7.87. The van der Waals surface area contributed by atoms with E-state index in [0.717, 1.165) is 69.0 Å². The Hall–Kier alpha value is -3.67. The van der Waals surface area contributed by atoms with Gasteiger partial charge >= 0.3 is 10.2 Å². The van der Waals surface area contributed by atoms with Crippen LogP contribution in [0.4, 0.5) is 0 Å². The highest BCUT2D eigenvalue weighted by atomic mass is 32.2. The molecule has 2 aromatic carbocycles. The van der Waals surface area contributed by atoms with Gasteiger partial charge in [0, 0.05) is 67.9 Å².